The summed E-state index contributed by atoms with van der Waals surface area (Å²) in [5.41, 5.74) is 0.604. The average Bonchev–Trinajstić information content (AvgIpc) is 3.06. The SMILES string of the molecule is CC1C=CC(C)P12(C)Oc1c(c3ccccc3c3ccccc13)O2. The maximum absolute atomic E-state index is 6.83. The molecule has 122 valence electrons. The van der Waals surface area contributed by atoms with Crippen LogP contribution in [-0.2, 0) is 0 Å². The van der Waals surface area contributed by atoms with Crippen LogP contribution in [0.25, 0.3) is 21.5 Å². The fraction of sp³-hybridized carbons (Fsp3) is 0.238. The number of hydrogen-bond acceptors (Lipinski definition) is 2. The molecule has 0 radical (unpaired) electrons. The first-order valence-corrected chi connectivity index (χ1v) is 11.2. The molecule has 24 heavy (non-hydrogen) atoms. The van der Waals surface area contributed by atoms with Gasteiger partial charge in [-0.15, -0.1) is 0 Å². The van der Waals surface area contributed by atoms with E-state index in [2.05, 4.69) is 81.2 Å². The van der Waals surface area contributed by atoms with Crippen molar-refractivity contribution < 1.29 is 9.05 Å². The molecule has 0 aromatic heterocycles. The van der Waals surface area contributed by atoms with Gasteiger partial charge in [-0.3, -0.25) is 0 Å². The Bertz CT molecular complexity index is 956. The number of allylic oxidation sites excluding steroid dienone is 2. The van der Waals surface area contributed by atoms with Crippen molar-refractivity contribution in [3.63, 3.8) is 0 Å². The van der Waals surface area contributed by atoms with Crippen LogP contribution in [0.1, 0.15) is 13.8 Å². The van der Waals surface area contributed by atoms with E-state index in [-0.39, 0.29) is 0 Å². The maximum atomic E-state index is 6.83. The van der Waals surface area contributed by atoms with Crippen LogP contribution in [0.4, 0.5) is 0 Å². The van der Waals surface area contributed by atoms with E-state index in [9.17, 15) is 0 Å². The summed E-state index contributed by atoms with van der Waals surface area (Å²) >= 11 is 0. The van der Waals surface area contributed by atoms with Gasteiger partial charge in [0.25, 0.3) is 0 Å². The van der Waals surface area contributed by atoms with E-state index in [0.717, 1.165) is 22.3 Å². The third-order valence-corrected chi connectivity index (χ3v) is 11.7. The Balaban J connectivity index is 1.90. The molecule has 0 bridgehead atoms. The predicted molar refractivity (Wildman–Crippen MR) is 104 cm³/mol. The fourth-order valence-corrected chi connectivity index (χ4v) is 7.95. The zero-order valence-corrected chi connectivity index (χ0v) is 15.1. The van der Waals surface area contributed by atoms with Gasteiger partial charge in [0.1, 0.15) is 0 Å². The van der Waals surface area contributed by atoms with Crippen LogP contribution in [0.2, 0.25) is 0 Å². The Labute approximate surface area is 142 Å². The molecule has 0 N–H and O–H groups in total. The van der Waals surface area contributed by atoms with Gasteiger partial charge >= 0.3 is 142 Å². The van der Waals surface area contributed by atoms with Gasteiger partial charge in [-0.1, -0.05) is 0 Å². The number of hydrogen-bond donors (Lipinski definition) is 0. The number of benzene rings is 3. The normalized spacial score (nSPS) is 27.5. The van der Waals surface area contributed by atoms with E-state index in [1.54, 1.807) is 0 Å². The van der Waals surface area contributed by atoms with Crippen LogP contribution in [0.15, 0.2) is 60.7 Å². The summed E-state index contributed by atoms with van der Waals surface area (Å²) in [5.74, 6) is 1.87. The van der Waals surface area contributed by atoms with Gasteiger partial charge in [0.05, 0.1) is 0 Å². The molecule has 2 heterocycles. The van der Waals surface area contributed by atoms with E-state index >= 15 is 0 Å². The van der Waals surface area contributed by atoms with Crippen LogP contribution < -0.4 is 9.05 Å². The summed E-state index contributed by atoms with van der Waals surface area (Å²) in [5, 5.41) is 4.77. The fourth-order valence-electron chi connectivity index (χ4n) is 4.18. The molecule has 3 heteroatoms. The third kappa shape index (κ3) is 1.51. The second-order valence-corrected chi connectivity index (χ2v) is 12.4. The Morgan fingerprint density at radius 3 is 1.46 bits per heavy atom. The van der Waals surface area contributed by atoms with Gasteiger partial charge in [0, 0.05) is 0 Å². The standard InChI is InChI=1S/C21H21O2P/c1-14-12-13-15(2)24(14,3)22-20-18-10-6-4-8-16(18)17-9-5-7-11-19(17)21(20)23-24/h4-15H,1-3H3. The molecule has 2 aliphatic rings. The molecular weight excluding hydrogens is 315 g/mol. The monoisotopic (exact) mass is 336 g/mol. The second kappa shape index (κ2) is 4.32. The van der Waals surface area contributed by atoms with E-state index in [0.29, 0.717) is 11.3 Å². The molecule has 3 aromatic carbocycles. The molecule has 0 fully saturated rings. The van der Waals surface area contributed by atoms with Gasteiger partial charge in [-0.05, 0) is 0 Å². The molecule has 5 rings (SSSR count). The molecule has 0 saturated carbocycles. The predicted octanol–water partition coefficient (Wildman–Crippen LogP) is 6.12. The van der Waals surface area contributed by atoms with Crippen LogP contribution in [0.5, 0.6) is 11.5 Å². The summed E-state index contributed by atoms with van der Waals surface area (Å²) in [7, 11) is -2.82. The van der Waals surface area contributed by atoms with Crippen LogP contribution in [0, 0.1) is 0 Å². The van der Waals surface area contributed by atoms with E-state index in [4.69, 9.17) is 9.05 Å². The molecule has 0 saturated heterocycles. The average molecular weight is 336 g/mol. The van der Waals surface area contributed by atoms with Gasteiger partial charge < -0.3 is 0 Å². The molecule has 3 aromatic rings. The molecular formula is C21H21O2P. The van der Waals surface area contributed by atoms with Crippen molar-refractivity contribution in [3.8, 4) is 11.5 Å². The summed E-state index contributed by atoms with van der Waals surface area (Å²) in [6, 6.07) is 17.0. The summed E-state index contributed by atoms with van der Waals surface area (Å²) in [6.07, 6.45) is 4.53. The molecule has 2 atom stereocenters. The van der Waals surface area contributed by atoms with Gasteiger partial charge in [-0.2, -0.15) is 0 Å². The van der Waals surface area contributed by atoms with Crippen LogP contribution in [0.3, 0.4) is 0 Å². The Kier molecular flexibility index (Phi) is 2.57. The molecule has 2 aliphatic heterocycles. The van der Waals surface area contributed by atoms with Crippen LogP contribution in [-0.4, -0.2) is 18.0 Å². The van der Waals surface area contributed by atoms with Crippen molar-refractivity contribution in [1.82, 2.24) is 0 Å². The topological polar surface area (TPSA) is 18.5 Å². The van der Waals surface area contributed by atoms with Crippen molar-refractivity contribution in [2.24, 2.45) is 0 Å². The molecule has 0 aliphatic carbocycles. The minimum absolute atomic E-state index is 0.302. The van der Waals surface area contributed by atoms with Gasteiger partial charge in [0.2, 0.25) is 0 Å². The van der Waals surface area contributed by atoms with Crippen molar-refractivity contribution >= 4 is 28.6 Å². The van der Waals surface area contributed by atoms with Crippen molar-refractivity contribution in [2.45, 2.75) is 25.2 Å². The molecule has 1 spiro atoms. The van der Waals surface area contributed by atoms with Crippen LogP contribution >= 0.6 is 7.06 Å². The van der Waals surface area contributed by atoms with Crippen molar-refractivity contribution in [1.29, 1.82) is 0 Å². The zero-order chi connectivity index (χ0) is 16.6. The first-order valence-electron chi connectivity index (χ1n) is 8.55. The van der Waals surface area contributed by atoms with Crippen molar-refractivity contribution in [3.05, 3.63) is 60.7 Å². The Morgan fingerprint density at radius 1 is 0.667 bits per heavy atom. The van der Waals surface area contributed by atoms with E-state index < -0.39 is 7.06 Å². The summed E-state index contributed by atoms with van der Waals surface area (Å²) < 4.78 is 13.7. The summed E-state index contributed by atoms with van der Waals surface area (Å²) in [4.78, 5) is 0. The van der Waals surface area contributed by atoms with Gasteiger partial charge in [0.15, 0.2) is 0 Å². The van der Waals surface area contributed by atoms with Gasteiger partial charge in [-0.25, -0.2) is 0 Å². The number of rotatable bonds is 0. The number of fused-ring (bicyclic) bond motifs is 6. The quantitative estimate of drug-likeness (QED) is 0.279. The Hall–Kier alpha value is -2.05. The Morgan fingerprint density at radius 2 is 1.04 bits per heavy atom. The minimum atomic E-state index is -2.82. The third-order valence-electron chi connectivity index (χ3n) is 6.11. The summed E-state index contributed by atoms with van der Waals surface area (Å²) in [6.45, 7) is 6.70. The first-order chi connectivity index (χ1) is 11.5. The molecule has 2 nitrogen and oxygen atoms in total. The zero-order valence-electron chi connectivity index (χ0n) is 14.2. The molecule has 0 amide bonds. The first kappa shape index (κ1) is 14.3. The second-order valence-electron chi connectivity index (χ2n) is 7.32. The molecule has 2 unspecified atom stereocenters. The van der Waals surface area contributed by atoms with Crippen molar-refractivity contribution in [2.75, 3.05) is 6.66 Å². The van der Waals surface area contributed by atoms with E-state index in [1.807, 2.05) is 0 Å². The van der Waals surface area contributed by atoms with E-state index in [1.165, 1.54) is 10.8 Å².